The van der Waals surface area contributed by atoms with E-state index in [-0.39, 0.29) is 11.6 Å². The maximum Gasteiger partial charge on any atom is 0.240 e. The van der Waals surface area contributed by atoms with Crippen LogP contribution in [0.4, 0.5) is 0 Å². The normalized spacial score (nSPS) is 10.1. The van der Waals surface area contributed by atoms with Crippen molar-refractivity contribution < 1.29 is 4.79 Å². The third-order valence-corrected chi connectivity index (χ3v) is 2.60. The molecular weight excluding hydrogens is 196 g/mol. The van der Waals surface area contributed by atoms with E-state index < -0.39 is 0 Å². The monoisotopic (exact) mass is 204 g/mol. The van der Waals surface area contributed by atoms with Gasteiger partial charge in [0.05, 0.1) is 4.88 Å². The molecule has 0 aliphatic carbocycles. The first-order chi connectivity index (χ1) is 6.77. The molecule has 0 aliphatic rings. The van der Waals surface area contributed by atoms with Crippen molar-refractivity contribution in [1.82, 2.24) is 9.97 Å². The SMILES string of the molecule is Cc1cnc(C(=O)c2cccs2)nc1. The van der Waals surface area contributed by atoms with Crippen LogP contribution in [-0.4, -0.2) is 15.8 Å². The number of aryl methyl sites for hydroxylation is 1. The van der Waals surface area contributed by atoms with Crippen LogP contribution in [0.15, 0.2) is 29.9 Å². The topological polar surface area (TPSA) is 42.9 Å². The molecule has 0 spiro atoms. The van der Waals surface area contributed by atoms with Crippen molar-refractivity contribution in [3.05, 3.63) is 46.2 Å². The van der Waals surface area contributed by atoms with Gasteiger partial charge in [-0.3, -0.25) is 4.79 Å². The predicted octanol–water partition coefficient (Wildman–Crippen LogP) is 2.08. The molecule has 2 aromatic rings. The summed E-state index contributed by atoms with van der Waals surface area (Å²) in [4.78, 5) is 20.3. The summed E-state index contributed by atoms with van der Waals surface area (Å²) in [7, 11) is 0. The number of carbonyl (C=O) groups is 1. The summed E-state index contributed by atoms with van der Waals surface area (Å²) >= 11 is 1.40. The van der Waals surface area contributed by atoms with Gasteiger partial charge >= 0.3 is 0 Å². The summed E-state index contributed by atoms with van der Waals surface area (Å²) in [6.07, 6.45) is 3.29. The predicted molar refractivity (Wildman–Crippen MR) is 54.5 cm³/mol. The Morgan fingerprint density at radius 1 is 1.36 bits per heavy atom. The summed E-state index contributed by atoms with van der Waals surface area (Å²) in [5, 5.41) is 1.86. The Labute approximate surface area is 85.5 Å². The third kappa shape index (κ3) is 1.70. The molecule has 0 fully saturated rings. The van der Waals surface area contributed by atoms with Gasteiger partial charge in [0.15, 0.2) is 0 Å². The van der Waals surface area contributed by atoms with Crippen LogP contribution < -0.4 is 0 Å². The first-order valence-electron chi connectivity index (χ1n) is 4.14. The Balaban J connectivity index is 2.33. The smallest absolute Gasteiger partial charge is 0.240 e. The number of aromatic nitrogens is 2. The highest BCUT2D eigenvalue weighted by atomic mass is 32.1. The summed E-state index contributed by atoms with van der Waals surface area (Å²) < 4.78 is 0. The average molecular weight is 204 g/mol. The molecule has 0 amide bonds. The fraction of sp³-hybridized carbons (Fsp3) is 0.100. The molecule has 70 valence electrons. The van der Waals surface area contributed by atoms with Crippen molar-refractivity contribution in [2.45, 2.75) is 6.92 Å². The number of rotatable bonds is 2. The molecule has 2 aromatic heterocycles. The molecule has 0 bridgehead atoms. The van der Waals surface area contributed by atoms with Crippen LogP contribution in [0.25, 0.3) is 0 Å². The Hall–Kier alpha value is -1.55. The van der Waals surface area contributed by atoms with E-state index in [2.05, 4.69) is 9.97 Å². The van der Waals surface area contributed by atoms with Crippen molar-refractivity contribution in [3.63, 3.8) is 0 Å². The number of thiophene rings is 1. The van der Waals surface area contributed by atoms with Crippen molar-refractivity contribution in [3.8, 4) is 0 Å². The minimum absolute atomic E-state index is 0.111. The zero-order valence-electron chi connectivity index (χ0n) is 7.60. The molecule has 0 saturated heterocycles. The highest BCUT2D eigenvalue weighted by Gasteiger charge is 2.11. The third-order valence-electron chi connectivity index (χ3n) is 1.73. The van der Waals surface area contributed by atoms with Gasteiger partial charge in [-0.15, -0.1) is 11.3 Å². The van der Waals surface area contributed by atoms with Crippen LogP contribution in [0.5, 0.6) is 0 Å². The first-order valence-corrected chi connectivity index (χ1v) is 5.02. The average Bonchev–Trinajstić information content (AvgIpc) is 2.71. The van der Waals surface area contributed by atoms with Gasteiger partial charge in [-0.1, -0.05) is 6.07 Å². The van der Waals surface area contributed by atoms with E-state index in [1.54, 1.807) is 18.5 Å². The lowest BCUT2D eigenvalue weighted by molar-refractivity contribution is 0.103. The Morgan fingerprint density at radius 3 is 2.64 bits per heavy atom. The van der Waals surface area contributed by atoms with Crippen LogP contribution in [0, 0.1) is 6.92 Å². The molecule has 0 unspecified atom stereocenters. The van der Waals surface area contributed by atoms with Gasteiger partial charge in [-0.05, 0) is 23.9 Å². The van der Waals surface area contributed by atoms with E-state index in [0.29, 0.717) is 4.88 Å². The van der Waals surface area contributed by atoms with Gasteiger partial charge in [0.2, 0.25) is 11.6 Å². The fourth-order valence-corrected chi connectivity index (χ4v) is 1.69. The van der Waals surface area contributed by atoms with Crippen LogP contribution in [0.1, 0.15) is 21.1 Å². The molecule has 2 heterocycles. The van der Waals surface area contributed by atoms with Gasteiger partial charge in [0.25, 0.3) is 0 Å². The van der Waals surface area contributed by atoms with Crippen LogP contribution in [0.3, 0.4) is 0 Å². The standard InChI is InChI=1S/C10H8N2OS/c1-7-5-11-10(12-6-7)9(13)8-3-2-4-14-8/h2-6H,1H3. The molecule has 2 rings (SSSR count). The maximum atomic E-state index is 11.7. The Morgan fingerprint density at radius 2 is 2.07 bits per heavy atom. The maximum absolute atomic E-state index is 11.7. The Bertz CT molecular complexity index is 434. The largest absolute Gasteiger partial charge is 0.284 e. The molecule has 0 atom stereocenters. The number of ketones is 1. The van der Waals surface area contributed by atoms with Crippen molar-refractivity contribution in [2.75, 3.05) is 0 Å². The minimum Gasteiger partial charge on any atom is -0.284 e. The molecule has 0 N–H and O–H groups in total. The van der Waals surface area contributed by atoms with E-state index in [9.17, 15) is 4.79 Å². The summed E-state index contributed by atoms with van der Waals surface area (Å²) in [6, 6.07) is 3.61. The minimum atomic E-state index is -0.111. The molecular formula is C10H8N2OS. The first kappa shape index (κ1) is 9.02. The number of hydrogen-bond acceptors (Lipinski definition) is 4. The molecule has 0 radical (unpaired) electrons. The van der Waals surface area contributed by atoms with Gasteiger partial charge in [-0.2, -0.15) is 0 Å². The molecule has 4 heteroatoms. The lowest BCUT2D eigenvalue weighted by atomic mass is 10.3. The second-order valence-corrected chi connectivity index (χ2v) is 3.84. The van der Waals surface area contributed by atoms with Crippen LogP contribution >= 0.6 is 11.3 Å². The lowest BCUT2D eigenvalue weighted by Gasteiger charge is -1.95. The van der Waals surface area contributed by atoms with Gasteiger partial charge < -0.3 is 0 Å². The fourth-order valence-electron chi connectivity index (χ4n) is 1.03. The van der Waals surface area contributed by atoms with E-state index in [4.69, 9.17) is 0 Å². The van der Waals surface area contributed by atoms with Crippen molar-refractivity contribution in [1.29, 1.82) is 0 Å². The Kier molecular flexibility index (Phi) is 2.37. The highest BCUT2D eigenvalue weighted by Crippen LogP contribution is 2.12. The van der Waals surface area contributed by atoms with Gasteiger partial charge in [0.1, 0.15) is 0 Å². The number of nitrogens with zero attached hydrogens (tertiary/aromatic N) is 2. The van der Waals surface area contributed by atoms with E-state index in [1.165, 1.54) is 11.3 Å². The van der Waals surface area contributed by atoms with Gasteiger partial charge in [0, 0.05) is 12.4 Å². The summed E-state index contributed by atoms with van der Waals surface area (Å²) in [5.41, 5.74) is 0.952. The van der Waals surface area contributed by atoms with Crippen molar-refractivity contribution in [2.24, 2.45) is 0 Å². The van der Waals surface area contributed by atoms with E-state index in [1.807, 2.05) is 18.4 Å². The highest BCUT2D eigenvalue weighted by molar-refractivity contribution is 7.12. The summed E-state index contributed by atoms with van der Waals surface area (Å²) in [5.74, 6) is 0.151. The zero-order valence-corrected chi connectivity index (χ0v) is 8.41. The van der Waals surface area contributed by atoms with E-state index >= 15 is 0 Å². The quantitative estimate of drug-likeness (QED) is 0.703. The zero-order chi connectivity index (χ0) is 9.97. The van der Waals surface area contributed by atoms with Crippen LogP contribution in [-0.2, 0) is 0 Å². The number of hydrogen-bond donors (Lipinski definition) is 0. The lowest BCUT2D eigenvalue weighted by Crippen LogP contribution is -2.04. The van der Waals surface area contributed by atoms with Gasteiger partial charge in [-0.25, -0.2) is 9.97 Å². The molecule has 0 saturated carbocycles. The van der Waals surface area contributed by atoms with E-state index in [0.717, 1.165) is 5.56 Å². The molecule has 0 aliphatic heterocycles. The number of carbonyl (C=O) groups excluding carboxylic acids is 1. The second-order valence-electron chi connectivity index (χ2n) is 2.89. The second kappa shape index (κ2) is 3.67. The van der Waals surface area contributed by atoms with Crippen LogP contribution in [0.2, 0.25) is 0 Å². The molecule has 0 aromatic carbocycles. The molecule has 3 nitrogen and oxygen atoms in total. The summed E-state index contributed by atoms with van der Waals surface area (Å²) in [6.45, 7) is 1.89. The van der Waals surface area contributed by atoms with Crippen molar-refractivity contribution >= 4 is 17.1 Å². The molecule has 14 heavy (non-hydrogen) atoms.